The molecule has 3 N–H and O–H groups in total. The van der Waals surface area contributed by atoms with Gasteiger partial charge in [-0.25, -0.2) is 0 Å². The van der Waals surface area contributed by atoms with E-state index in [1.165, 1.54) is 5.56 Å². The molecule has 1 atom stereocenters. The highest BCUT2D eigenvalue weighted by Crippen LogP contribution is 2.09. The van der Waals surface area contributed by atoms with Gasteiger partial charge in [-0.05, 0) is 11.1 Å². The molecule has 1 unspecified atom stereocenters. The summed E-state index contributed by atoms with van der Waals surface area (Å²) in [5.41, 5.74) is 7.88. The van der Waals surface area contributed by atoms with Gasteiger partial charge >= 0.3 is 0 Å². The molecule has 1 fully saturated rings. The largest absolute Gasteiger partial charge is 0.379 e. The molecule has 0 saturated carbocycles. The van der Waals surface area contributed by atoms with Crippen molar-refractivity contribution in [1.82, 2.24) is 10.2 Å². The minimum atomic E-state index is -0.134. The Morgan fingerprint density at radius 1 is 1.29 bits per heavy atom. The molecule has 5 heteroatoms. The van der Waals surface area contributed by atoms with E-state index in [0.29, 0.717) is 13.1 Å². The van der Waals surface area contributed by atoms with Crippen LogP contribution in [0.1, 0.15) is 18.1 Å². The quantitative estimate of drug-likeness (QED) is 0.811. The van der Waals surface area contributed by atoms with Crippen molar-refractivity contribution in [2.75, 3.05) is 32.8 Å². The van der Waals surface area contributed by atoms with Crippen LogP contribution in [0.25, 0.3) is 0 Å². The zero-order valence-electron chi connectivity index (χ0n) is 12.7. The van der Waals surface area contributed by atoms with Crippen LogP contribution < -0.4 is 11.1 Å². The van der Waals surface area contributed by atoms with E-state index in [1.54, 1.807) is 0 Å². The summed E-state index contributed by atoms with van der Waals surface area (Å²) in [5, 5.41) is 2.90. The smallest absolute Gasteiger partial charge is 0.224 e. The van der Waals surface area contributed by atoms with E-state index in [4.69, 9.17) is 10.5 Å². The van der Waals surface area contributed by atoms with Crippen LogP contribution in [0.4, 0.5) is 0 Å². The van der Waals surface area contributed by atoms with Gasteiger partial charge in [0.2, 0.25) is 5.91 Å². The average molecular weight is 291 g/mol. The van der Waals surface area contributed by atoms with E-state index in [0.717, 1.165) is 38.4 Å². The maximum absolute atomic E-state index is 11.7. The summed E-state index contributed by atoms with van der Waals surface area (Å²) in [4.78, 5) is 14.1. The van der Waals surface area contributed by atoms with E-state index >= 15 is 0 Å². The Labute approximate surface area is 126 Å². The fraction of sp³-hybridized carbons (Fsp3) is 0.562. The van der Waals surface area contributed by atoms with Crippen molar-refractivity contribution in [3.8, 4) is 0 Å². The summed E-state index contributed by atoms with van der Waals surface area (Å²) >= 11 is 0. The molecule has 0 spiro atoms. The molecule has 1 heterocycles. The van der Waals surface area contributed by atoms with Gasteiger partial charge in [-0.1, -0.05) is 31.2 Å². The minimum Gasteiger partial charge on any atom is -0.379 e. The zero-order chi connectivity index (χ0) is 15.1. The fourth-order valence-corrected chi connectivity index (χ4v) is 2.25. The van der Waals surface area contributed by atoms with Crippen molar-refractivity contribution in [2.45, 2.75) is 20.0 Å². The molecule has 116 valence electrons. The Balaban J connectivity index is 1.80. The van der Waals surface area contributed by atoms with Gasteiger partial charge in [-0.2, -0.15) is 0 Å². The van der Waals surface area contributed by atoms with Crippen molar-refractivity contribution in [3.63, 3.8) is 0 Å². The maximum atomic E-state index is 11.7. The Hall–Kier alpha value is -1.43. The maximum Gasteiger partial charge on any atom is 0.224 e. The summed E-state index contributed by atoms with van der Waals surface area (Å²) < 4.78 is 5.35. The van der Waals surface area contributed by atoms with Crippen LogP contribution in [0.15, 0.2) is 24.3 Å². The second-order valence-corrected chi connectivity index (χ2v) is 5.56. The number of rotatable bonds is 6. The van der Waals surface area contributed by atoms with Gasteiger partial charge in [0.05, 0.1) is 13.2 Å². The number of hydrogen-bond acceptors (Lipinski definition) is 4. The van der Waals surface area contributed by atoms with Gasteiger partial charge in [0.25, 0.3) is 0 Å². The van der Waals surface area contributed by atoms with Crippen LogP contribution in [0.2, 0.25) is 0 Å². The van der Waals surface area contributed by atoms with E-state index in [2.05, 4.69) is 34.5 Å². The number of nitrogens with zero attached hydrogens (tertiary/aromatic N) is 1. The summed E-state index contributed by atoms with van der Waals surface area (Å²) in [6.45, 7) is 7.36. The molecule has 1 aromatic rings. The predicted octanol–water partition coefficient (Wildman–Crippen LogP) is 0.730. The van der Waals surface area contributed by atoms with Crippen LogP contribution in [-0.2, 0) is 22.6 Å². The number of hydrogen-bond donors (Lipinski definition) is 2. The van der Waals surface area contributed by atoms with E-state index in [9.17, 15) is 4.79 Å². The number of benzene rings is 1. The van der Waals surface area contributed by atoms with Crippen molar-refractivity contribution in [1.29, 1.82) is 0 Å². The molecule has 2 rings (SSSR count). The van der Waals surface area contributed by atoms with Crippen molar-refractivity contribution >= 4 is 5.91 Å². The molecule has 1 amide bonds. The second kappa shape index (κ2) is 8.12. The molecule has 1 saturated heterocycles. The number of carbonyl (C=O) groups excluding carboxylic acids is 1. The lowest BCUT2D eigenvalue weighted by molar-refractivity contribution is -0.124. The number of nitrogens with one attached hydrogen (secondary N) is 1. The van der Waals surface area contributed by atoms with Gasteiger partial charge in [-0.15, -0.1) is 0 Å². The third kappa shape index (κ3) is 5.12. The van der Waals surface area contributed by atoms with Crippen molar-refractivity contribution in [3.05, 3.63) is 35.4 Å². The Morgan fingerprint density at radius 2 is 1.90 bits per heavy atom. The average Bonchev–Trinajstić information content (AvgIpc) is 2.54. The standard InChI is InChI=1S/C16H25N3O2/c1-13(10-17)16(20)18-11-14-2-4-15(5-3-14)12-19-6-8-21-9-7-19/h2-5,13H,6-12,17H2,1H3,(H,18,20). The summed E-state index contributed by atoms with van der Waals surface area (Å²) in [6, 6.07) is 8.40. The number of nitrogens with two attached hydrogens (primary N) is 1. The number of carbonyl (C=O) groups is 1. The minimum absolute atomic E-state index is 0.00916. The Kier molecular flexibility index (Phi) is 6.17. The fourth-order valence-electron chi connectivity index (χ4n) is 2.25. The number of amides is 1. The van der Waals surface area contributed by atoms with Gasteiger partial charge in [0.15, 0.2) is 0 Å². The lowest BCUT2D eigenvalue weighted by atomic mass is 10.1. The molecular formula is C16H25N3O2. The monoisotopic (exact) mass is 291 g/mol. The molecule has 0 aliphatic carbocycles. The molecule has 1 aliphatic rings. The van der Waals surface area contributed by atoms with Gasteiger partial charge < -0.3 is 15.8 Å². The predicted molar refractivity (Wildman–Crippen MR) is 82.6 cm³/mol. The highest BCUT2D eigenvalue weighted by Gasteiger charge is 2.11. The lowest BCUT2D eigenvalue weighted by Crippen LogP contribution is -2.35. The molecule has 21 heavy (non-hydrogen) atoms. The van der Waals surface area contributed by atoms with Gasteiger partial charge in [0, 0.05) is 38.6 Å². The molecule has 1 aliphatic heterocycles. The summed E-state index contributed by atoms with van der Waals surface area (Å²) in [6.07, 6.45) is 0. The highest BCUT2D eigenvalue weighted by atomic mass is 16.5. The normalized spacial score (nSPS) is 17.4. The lowest BCUT2D eigenvalue weighted by Gasteiger charge is -2.26. The zero-order valence-corrected chi connectivity index (χ0v) is 12.7. The number of ether oxygens (including phenoxy) is 1. The van der Waals surface area contributed by atoms with Crippen molar-refractivity contribution < 1.29 is 9.53 Å². The van der Waals surface area contributed by atoms with Crippen molar-refractivity contribution in [2.24, 2.45) is 11.7 Å². The highest BCUT2D eigenvalue weighted by molar-refractivity contribution is 5.78. The molecule has 5 nitrogen and oxygen atoms in total. The molecule has 0 radical (unpaired) electrons. The molecule has 0 aromatic heterocycles. The van der Waals surface area contributed by atoms with Crippen LogP contribution in [0, 0.1) is 5.92 Å². The van der Waals surface area contributed by atoms with E-state index in [-0.39, 0.29) is 11.8 Å². The third-order valence-electron chi connectivity index (χ3n) is 3.80. The first-order chi connectivity index (χ1) is 10.2. The van der Waals surface area contributed by atoms with Crippen LogP contribution in [0.5, 0.6) is 0 Å². The molecular weight excluding hydrogens is 266 g/mol. The summed E-state index contributed by atoms with van der Waals surface area (Å²) in [7, 11) is 0. The first kappa shape index (κ1) is 15.9. The van der Waals surface area contributed by atoms with Crippen LogP contribution in [-0.4, -0.2) is 43.7 Å². The van der Waals surface area contributed by atoms with Crippen LogP contribution in [0.3, 0.4) is 0 Å². The molecule has 0 bridgehead atoms. The Morgan fingerprint density at radius 3 is 2.52 bits per heavy atom. The second-order valence-electron chi connectivity index (χ2n) is 5.56. The number of morpholine rings is 1. The van der Waals surface area contributed by atoms with E-state index in [1.807, 2.05) is 6.92 Å². The van der Waals surface area contributed by atoms with Gasteiger partial charge in [-0.3, -0.25) is 9.69 Å². The Bertz CT molecular complexity index is 441. The SMILES string of the molecule is CC(CN)C(=O)NCc1ccc(CN2CCOCC2)cc1. The molecule has 1 aromatic carbocycles. The van der Waals surface area contributed by atoms with Crippen LogP contribution >= 0.6 is 0 Å². The topological polar surface area (TPSA) is 67.6 Å². The summed E-state index contributed by atoms with van der Waals surface area (Å²) in [5.74, 6) is -0.125. The van der Waals surface area contributed by atoms with E-state index < -0.39 is 0 Å². The van der Waals surface area contributed by atoms with Gasteiger partial charge in [0.1, 0.15) is 0 Å². The first-order valence-electron chi connectivity index (χ1n) is 7.54. The third-order valence-corrected chi connectivity index (χ3v) is 3.80. The first-order valence-corrected chi connectivity index (χ1v) is 7.54.